The predicted octanol–water partition coefficient (Wildman–Crippen LogP) is 0.940. The summed E-state index contributed by atoms with van der Waals surface area (Å²) in [7, 11) is 0. The monoisotopic (exact) mass is 287 g/mol. The first-order valence-corrected chi connectivity index (χ1v) is 6.15. The Labute approximate surface area is 120 Å². The van der Waals surface area contributed by atoms with Gasteiger partial charge in [-0.05, 0) is 12.0 Å². The Kier molecular flexibility index (Phi) is 4.39. The summed E-state index contributed by atoms with van der Waals surface area (Å²) in [4.78, 5) is 29.5. The number of aromatic nitrogens is 2. The Morgan fingerprint density at radius 1 is 1.24 bits per heavy atom. The number of anilines is 1. The number of nitrogens with zero attached hydrogens (tertiary/aromatic N) is 3. The van der Waals surface area contributed by atoms with E-state index in [1.54, 1.807) is 12.1 Å². The number of amides is 1. The number of non-ortho nitro benzene ring substituents is 1. The molecule has 8 heteroatoms. The Bertz CT molecular complexity index is 640. The molecule has 2 aromatic rings. The number of benzene rings is 1. The van der Waals surface area contributed by atoms with Crippen molar-refractivity contribution in [1.82, 2.24) is 15.3 Å². The van der Waals surface area contributed by atoms with E-state index in [2.05, 4.69) is 15.3 Å². The molecule has 1 aromatic carbocycles. The average Bonchev–Trinajstić information content (AvgIpc) is 2.48. The van der Waals surface area contributed by atoms with E-state index in [0.717, 1.165) is 5.56 Å². The summed E-state index contributed by atoms with van der Waals surface area (Å²) in [6.07, 6.45) is 3.17. The van der Waals surface area contributed by atoms with Gasteiger partial charge in [0, 0.05) is 18.7 Å². The zero-order valence-corrected chi connectivity index (χ0v) is 11.0. The van der Waals surface area contributed by atoms with Gasteiger partial charge in [-0.2, -0.15) is 0 Å². The second kappa shape index (κ2) is 6.42. The first kappa shape index (κ1) is 14.4. The van der Waals surface area contributed by atoms with Crippen molar-refractivity contribution in [3.63, 3.8) is 0 Å². The van der Waals surface area contributed by atoms with Crippen molar-refractivity contribution in [3.05, 3.63) is 58.0 Å². The Morgan fingerprint density at radius 3 is 2.52 bits per heavy atom. The van der Waals surface area contributed by atoms with Crippen molar-refractivity contribution in [2.75, 3.05) is 12.3 Å². The molecule has 1 amide bonds. The fourth-order valence-electron chi connectivity index (χ4n) is 1.65. The highest BCUT2D eigenvalue weighted by Crippen LogP contribution is 2.11. The van der Waals surface area contributed by atoms with Gasteiger partial charge in [-0.3, -0.25) is 14.9 Å². The summed E-state index contributed by atoms with van der Waals surface area (Å²) in [6, 6.07) is 6.19. The van der Waals surface area contributed by atoms with Crippen molar-refractivity contribution < 1.29 is 9.72 Å². The molecule has 3 N–H and O–H groups in total. The van der Waals surface area contributed by atoms with Gasteiger partial charge in [0.05, 0.1) is 17.3 Å². The molecule has 0 spiro atoms. The number of nitrogens with two attached hydrogens (primary N) is 1. The van der Waals surface area contributed by atoms with E-state index in [0.29, 0.717) is 13.0 Å². The second-order valence-electron chi connectivity index (χ2n) is 4.26. The van der Waals surface area contributed by atoms with Crippen molar-refractivity contribution in [3.8, 4) is 0 Å². The van der Waals surface area contributed by atoms with E-state index < -0.39 is 4.92 Å². The summed E-state index contributed by atoms with van der Waals surface area (Å²) < 4.78 is 0. The maximum Gasteiger partial charge on any atom is 0.271 e. The van der Waals surface area contributed by atoms with Crippen molar-refractivity contribution >= 4 is 17.4 Å². The molecule has 0 saturated heterocycles. The highest BCUT2D eigenvalue weighted by molar-refractivity contribution is 5.91. The number of nitro benzene ring substituents is 1. The molecule has 0 unspecified atom stereocenters. The lowest BCUT2D eigenvalue weighted by molar-refractivity contribution is -0.384. The Hall–Kier alpha value is -3.03. The molecule has 21 heavy (non-hydrogen) atoms. The molecular formula is C13H13N5O3. The number of nitrogens with one attached hydrogen (secondary N) is 1. The summed E-state index contributed by atoms with van der Waals surface area (Å²) >= 11 is 0. The SMILES string of the molecule is Nc1cnc(C(=O)NCCc2ccc([N+](=O)[O-])cc2)cn1. The molecule has 0 aliphatic heterocycles. The van der Waals surface area contributed by atoms with E-state index >= 15 is 0 Å². The molecule has 0 atom stereocenters. The van der Waals surface area contributed by atoms with Gasteiger partial charge in [0.15, 0.2) is 0 Å². The van der Waals surface area contributed by atoms with Crippen LogP contribution in [0.4, 0.5) is 11.5 Å². The first-order valence-electron chi connectivity index (χ1n) is 6.15. The summed E-state index contributed by atoms with van der Waals surface area (Å²) in [5.74, 6) is -0.0955. The lowest BCUT2D eigenvalue weighted by atomic mass is 10.1. The topological polar surface area (TPSA) is 124 Å². The maximum absolute atomic E-state index is 11.7. The van der Waals surface area contributed by atoms with Gasteiger partial charge in [0.1, 0.15) is 11.5 Å². The van der Waals surface area contributed by atoms with Crippen LogP contribution in [0.25, 0.3) is 0 Å². The third-order valence-corrected chi connectivity index (χ3v) is 2.75. The standard InChI is InChI=1S/C13H13N5O3/c14-12-8-16-11(7-17-12)13(19)15-6-5-9-1-3-10(4-2-9)18(20)21/h1-4,7-8H,5-6H2,(H2,14,17)(H,15,19). The van der Waals surface area contributed by atoms with Crippen LogP contribution < -0.4 is 11.1 Å². The van der Waals surface area contributed by atoms with Crippen LogP contribution in [-0.2, 0) is 6.42 Å². The van der Waals surface area contributed by atoms with Gasteiger partial charge in [-0.25, -0.2) is 9.97 Å². The molecule has 0 fully saturated rings. The van der Waals surface area contributed by atoms with Crippen molar-refractivity contribution in [1.29, 1.82) is 0 Å². The summed E-state index contributed by atoms with van der Waals surface area (Å²) in [5.41, 5.74) is 6.51. The summed E-state index contributed by atoms with van der Waals surface area (Å²) in [5, 5.41) is 13.2. The minimum absolute atomic E-state index is 0.0416. The number of carbonyl (C=O) groups excluding carboxylic acids is 1. The number of hydrogen-bond acceptors (Lipinski definition) is 6. The number of rotatable bonds is 5. The zero-order chi connectivity index (χ0) is 15.2. The molecule has 1 heterocycles. The highest BCUT2D eigenvalue weighted by atomic mass is 16.6. The molecule has 0 bridgehead atoms. The number of nitro groups is 1. The van der Waals surface area contributed by atoms with Crippen LogP contribution in [0.1, 0.15) is 16.1 Å². The maximum atomic E-state index is 11.7. The minimum atomic E-state index is -0.453. The molecule has 0 saturated carbocycles. The minimum Gasteiger partial charge on any atom is -0.382 e. The van der Waals surface area contributed by atoms with Crippen molar-refractivity contribution in [2.45, 2.75) is 6.42 Å². The molecule has 8 nitrogen and oxygen atoms in total. The smallest absolute Gasteiger partial charge is 0.271 e. The van der Waals surface area contributed by atoms with Crippen LogP contribution in [0, 0.1) is 10.1 Å². The second-order valence-corrected chi connectivity index (χ2v) is 4.26. The van der Waals surface area contributed by atoms with E-state index in [1.165, 1.54) is 24.5 Å². The van der Waals surface area contributed by atoms with E-state index in [1.807, 2.05) is 0 Å². The fourth-order valence-corrected chi connectivity index (χ4v) is 1.65. The highest BCUT2D eigenvalue weighted by Gasteiger charge is 2.07. The molecule has 2 rings (SSSR count). The fraction of sp³-hybridized carbons (Fsp3) is 0.154. The third-order valence-electron chi connectivity index (χ3n) is 2.75. The number of nitrogen functional groups attached to an aromatic ring is 1. The molecule has 0 aliphatic carbocycles. The van der Waals surface area contributed by atoms with Gasteiger partial charge in [-0.1, -0.05) is 12.1 Å². The normalized spacial score (nSPS) is 10.1. The van der Waals surface area contributed by atoms with Crippen molar-refractivity contribution in [2.24, 2.45) is 0 Å². The van der Waals surface area contributed by atoms with Crippen LogP contribution in [-0.4, -0.2) is 27.3 Å². The van der Waals surface area contributed by atoms with Crippen LogP contribution in [0.15, 0.2) is 36.7 Å². The molecular weight excluding hydrogens is 274 g/mol. The molecule has 0 aliphatic rings. The van der Waals surface area contributed by atoms with E-state index in [9.17, 15) is 14.9 Å². The Morgan fingerprint density at radius 2 is 1.95 bits per heavy atom. The summed E-state index contributed by atoms with van der Waals surface area (Å²) in [6.45, 7) is 0.392. The average molecular weight is 287 g/mol. The molecule has 1 aromatic heterocycles. The third kappa shape index (κ3) is 3.96. The van der Waals surface area contributed by atoms with Gasteiger partial charge < -0.3 is 11.1 Å². The largest absolute Gasteiger partial charge is 0.382 e. The van der Waals surface area contributed by atoms with Gasteiger partial charge in [0.2, 0.25) is 0 Å². The van der Waals surface area contributed by atoms with E-state index in [-0.39, 0.29) is 23.1 Å². The van der Waals surface area contributed by atoms with Crippen LogP contribution in [0.3, 0.4) is 0 Å². The molecule has 0 radical (unpaired) electrons. The lowest BCUT2D eigenvalue weighted by Crippen LogP contribution is -2.26. The van der Waals surface area contributed by atoms with Crippen LogP contribution in [0.2, 0.25) is 0 Å². The predicted molar refractivity (Wildman–Crippen MR) is 75.6 cm³/mol. The van der Waals surface area contributed by atoms with E-state index in [4.69, 9.17) is 5.73 Å². The van der Waals surface area contributed by atoms with Crippen LogP contribution in [0.5, 0.6) is 0 Å². The molecule has 108 valence electrons. The zero-order valence-electron chi connectivity index (χ0n) is 11.0. The quantitative estimate of drug-likeness (QED) is 0.623. The number of carbonyl (C=O) groups is 1. The number of hydrogen-bond donors (Lipinski definition) is 2. The first-order chi connectivity index (χ1) is 10.1. The van der Waals surface area contributed by atoms with Gasteiger partial charge >= 0.3 is 0 Å². The van der Waals surface area contributed by atoms with Crippen LogP contribution >= 0.6 is 0 Å². The van der Waals surface area contributed by atoms with Gasteiger partial charge in [-0.15, -0.1) is 0 Å². The van der Waals surface area contributed by atoms with Gasteiger partial charge in [0.25, 0.3) is 11.6 Å². The Balaban J connectivity index is 1.85. The lowest BCUT2D eigenvalue weighted by Gasteiger charge is -2.04.